The summed E-state index contributed by atoms with van der Waals surface area (Å²) in [5.41, 5.74) is -0.689. The van der Waals surface area contributed by atoms with Gasteiger partial charge in [-0.1, -0.05) is 13.8 Å². The van der Waals surface area contributed by atoms with E-state index in [1.165, 1.54) is 6.42 Å². The molecule has 1 unspecified atom stereocenters. The fourth-order valence-corrected chi connectivity index (χ4v) is 3.89. The lowest BCUT2D eigenvalue weighted by Crippen LogP contribution is -2.54. The zero-order valence-corrected chi connectivity index (χ0v) is 14.0. The first-order chi connectivity index (χ1) is 10.6. The lowest BCUT2D eigenvalue weighted by Gasteiger charge is -2.38. The minimum absolute atomic E-state index is 0.103. The summed E-state index contributed by atoms with van der Waals surface area (Å²) in [5, 5.41) is 0. The predicted octanol–water partition coefficient (Wildman–Crippen LogP) is 1.19. The SMILES string of the molecule is CCN1CCN(C(=O)C2(C(=O)N3CCCC(C)C3)CC2)CC1. The summed E-state index contributed by atoms with van der Waals surface area (Å²) in [4.78, 5) is 32.1. The van der Waals surface area contributed by atoms with Crippen molar-refractivity contribution in [3.8, 4) is 0 Å². The number of likely N-dealkylation sites (tertiary alicyclic amines) is 1. The van der Waals surface area contributed by atoms with Crippen LogP contribution in [0.2, 0.25) is 0 Å². The van der Waals surface area contributed by atoms with Crippen LogP contribution in [0.4, 0.5) is 0 Å². The normalized spacial score (nSPS) is 28.5. The average molecular weight is 307 g/mol. The number of hydrogen-bond donors (Lipinski definition) is 0. The topological polar surface area (TPSA) is 43.9 Å². The molecule has 5 heteroatoms. The summed E-state index contributed by atoms with van der Waals surface area (Å²) in [7, 11) is 0. The molecule has 0 radical (unpaired) electrons. The maximum Gasteiger partial charge on any atom is 0.238 e. The minimum atomic E-state index is -0.689. The molecule has 2 saturated heterocycles. The van der Waals surface area contributed by atoms with E-state index in [9.17, 15) is 9.59 Å². The van der Waals surface area contributed by atoms with Gasteiger partial charge in [0.2, 0.25) is 11.8 Å². The van der Waals surface area contributed by atoms with Gasteiger partial charge in [0, 0.05) is 39.3 Å². The molecule has 124 valence electrons. The van der Waals surface area contributed by atoms with E-state index in [1.54, 1.807) is 0 Å². The van der Waals surface area contributed by atoms with Gasteiger partial charge in [0.1, 0.15) is 5.41 Å². The zero-order valence-electron chi connectivity index (χ0n) is 14.0. The number of piperazine rings is 1. The van der Waals surface area contributed by atoms with Crippen LogP contribution in [0.1, 0.15) is 39.5 Å². The van der Waals surface area contributed by atoms with E-state index in [0.717, 1.165) is 65.1 Å². The Morgan fingerprint density at radius 1 is 1.00 bits per heavy atom. The van der Waals surface area contributed by atoms with Crippen LogP contribution in [0.5, 0.6) is 0 Å². The Morgan fingerprint density at radius 2 is 1.64 bits per heavy atom. The Bertz CT molecular complexity index is 439. The number of carbonyl (C=O) groups is 2. The summed E-state index contributed by atoms with van der Waals surface area (Å²) >= 11 is 0. The molecule has 2 aliphatic heterocycles. The number of amides is 2. The quantitative estimate of drug-likeness (QED) is 0.736. The van der Waals surface area contributed by atoms with Crippen LogP contribution >= 0.6 is 0 Å². The fraction of sp³-hybridized carbons (Fsp3) is 0.882. The highest BCUT2D eigenvalue weighted by Crippen LogP contribution is 2.49. The summed E-state index contributed by atoms with van der Waals surface area (Å²) in [6.45, 7) is 10.5. The second kappa shape index (κ2) is 6.19. The molecule has 0 N–H and O–H groups in total. The first-order valence-corrected chi connectivity index (χ1v) is 8.88. The first-order valence-electron chi connectivity index (χ1n) is 8.88. The molecule has 3 rings (SSSR count). The highest BCUT2D eigenvalue weighted by atomic mass is 16.2. The van der Waals surface area contributed by atoms with Crippen molar-refractivity contribution >= 4 is 11.8 Å². The molecule has 1 aliphatic carbocycles. The molecule has 5 nitrogen and oxygen atoms in total. The van der Waals surface area contributed by atoms with E-state index < -0.39 is 5.41 Å². The van der Waals surface area contributed by atoms with Crippen LogP contribution in [-0.4, -0.2) is 72.3 Å². The van der Waals surface area contributed by atoms with Gasteiger partial charge >= 0.3 is 0 Å². The predicted molar refractivity (Wildman–Crippen MR) is 85.3 cm³/mol. The van der Waals surface area contributed by atoms with Crippen LogP contribution < -0.4 is 0 Å². The zero-order chi connectivity index (χ0) is 15.7. The van der Waals surface area contributed by atoms with E-state index >= 15 is 0 Å². The average Bonchev–Trinajstić information content (AvgIpc) is 3.35. The highest BCUT2D eigenvalue weighted by molar-refractivity contribution is 6.07. The van der Waals surface area contributed by atoms with Crippen LogP contribution in [0.15, 0.2) is 0 Å². The van der Waals surface area contributed by atoms with E-state index in [4.69, 9.17) is 0 Å². The van der Waals surface area contributed by atoms with Crippen molar-refractivity contribution in [3.05, 3.63) is 0 Å². The molecule has 0 aromatic carbocycles. The van der Waals surface area contributed by atoms with E-state index in [0.29, 0.717) is 5.92 Å². The van der Waals surface area contributed by atoms with Crippen molar-refractivity contribution < 1.29 is 9.59 Å². The number of piperidine rings is 1. The third-order valence-electron chi connectivity index (χ3n) is 5.62. The van der Waals surface area contributed by atoms with Gasteiger partial charge in [-0.3, -0.25) is 9.59 Å². The Labute approximate surface area is 133 Å². The second-order valence-corrected chi connectivity index (χ2v) is 7.31. The van der Waals surface area contributed by atoms with Crippen LogP contribution in [-0.2, 0) is 9.59 Å². The van der Waals surface area contributed by atoms with E-state index in [1.807, 2.05) is 9.80 Å². The molecule has 3 fully saturated rings. The molecular formula is C17H29N3O2. The number of carbonyl (C=O) groups excluding carboxylic acids is 2. The second-order valence-electron chi connectivity index (χ2n) is 7.31. The van der Waals surface area contributed by atoms with Gasteiger partial charge in [-0.05, 0) is 38.1 Å². The molecule has 0 spiro atoms. The molecule has 0 bridgehead atoms. The number of nitrogens with zero attached hydrogens (tertiary/aromatic N) is 3. The maximum absolute atomic E-state index is 12.9. The summed E-state index contributed by atoms with van der Waals surface area (Å²) in [6.07, 6.45) is 3.78. The molecule has 22 heavy (non-hydrogen) atoms. The van der Waals surface area contributed by atoms with Crippen LogP contribution in [0.25, 0.3) is 0 Å². The molecule has 0 aromatic heterocycles. The Morgan fingerprint density at radius 3 is 2.18 bits per heavy atom. The van der Waals surface area contributed by atoms with Gasteiger partial charge in [-0.15, -0.1) is 0 Å². The van der Waals surface area contributed by atoms with E-state index in [2.05, 4.69) is 18.7 Å². The molecule has 2 heterocycles. The Hall–Kier alpha value is -1.10. The molecule has 1 atom stereocenters. The highest BCUT2D eigenvalue weighted by Gasteiger charge is 2.59. The molecule has 1 saturated carbocycles. The lowest BCUT2D eigenvalue weighted by molar-refractivity contribution is -0.151. The molecule has 2 amide bonds. The summed E-state index contributed by atoms with van der Waals surface area (Å²) in [5.74, 6) is 0.783. The van der Waals surface area contributed by atoms with Crippen molar-refractivity contribution in [2.24, 2.45) is 11.3 Å². The Balaban J connectivity index is 1.63. The molecule has 0 aromatic rings. The fourth-order valence-electron chi connectivity index (χ4n) is 3.89. The number of rotatable bonds is 3. The van der Waals surface area contributed by atoms with Crippen molar-refractivity contribution in [1.29, 1.82) is 0 Å². The van der Waals surface area contributed by atoms with Crippen molar-refractivity contribution in [1.82, 2.24) is 14.7 Å². The summed E-state index contributed by atoms with van der Waals surface area (Å²) in [6, 6.07) is 0. The lowest BCUT2D eigenvalue weighted by atomic mass is 9.96. The number of likely N-dealkylation sites (N-methyl/N-ethyl adjacent to an activating group) is 1. The van der Waals surface area contributed by atoms with Crippen LogP contribution in [0, 0.1) is 11.3 Å². The van der Waals surface area contributed by atoms with Gasteiger partial charge in [0.05, 0.1) is 0 Å². The maximum atomic E-state index is 12.9. The van der Waals surface area contributed by atoms with Crippen molar-refractivity contribution in [2.75, 3.05) is 45.8 Å². The standard InChI is InChI=1S/C17H29N3O2/c1-3-18-9-11-19(12-10-18)15(21)17(6-7-17)16(22)20-8-4-5-14(2)13-20/h14H,3-13H2,1-2H3. The largest absolute Gasteiger partial charge is 0.342 e. The van der Waals surface area contributed by atoms with Gasteiger partial charge in [0.15, 0.2) is 0 Å². The summed E-state index contributed by atoms with van der Waals surface area (Å²) < 4.78 is 0. The monoisotopic (exact) mass is 307 g/mol. The van der Waals surface area contributed by atoms with E-state index in [-0.39, 0.29) is 11.8 Å². The van der Waals surface area contributed by atoms with Gasteiger partial charge in [0.25, 0.3) is 0 Å². The third-order valence-corrected chi connectivity index (χ3v) is 5.62. The molecule has 3 aliphatic rings. The smallest absolute Gasteiger partial charge is 0.238 e. The van der Waals surface area contributed by atoms with Gasteiger partial charge in [-0.25, -0.2) is 0 Å². The third kappa shape index (κ3) is 2.87. The van der Waals surface area contributed by atoms with Crippen LogP contribution in [0.3, 0.4) is 0 Å². The molecular weight excluding hydrogens is 278 g/mol. The first kappa shape index (κ1) is 15.8. The van der Waals surface area contributed by atoms with Crippen molar-refractivity contribution in [2.45, 2.75) is 39.5 Å². The van der Waals surface area contributed by atoms with Crippen molar-refractivity contribution in [3.63, 3.8) is 0 Å². The van der Waals surface area contributed by atoms with Gasteiger partial charge < -0.3 is 14.7 Å². The van der Waals surface area contributed by atoms with Gasteiger partial charge in [-0.2, -0.15) is 0 Å². The Kier molecular flexibility index (Phi) is 4.44. The minimum Gasteiger partial charge on any atom is -0.342 e. The number of hydrogen-bond acceptors (Lipinski definition) is 3.